The molecule has 0 bridgehead atoms. The van der Waals surface area contributed by atoms with E-state index in [4.69, 9.17) is 9.72 Å². The van der Waals surface area contributed by atoms with Crippen LogP contribution in [0.15, 0.2) is 97.2 Å². The number of benzene rings is 3. The van der Waals surface area contributed by atoms with Crippen LogP contribution < -0.4 is 14.5 Å². The van der Waals surface area contributed by atoms with Crippen LogP contribution >= 0.6 is 0 Å². The molecule has 0 unspecified atom stereocenters. The molecule has 1 aromatic heterocycles. The standard InChI is InChI=1S/C34H39N3O/c1-4-6-21-34(22-7-5-2,33-20-10-11-23-35-33)27-14-12-16-29(24-27)38-30-17-13-15-28(25-30)37-26-36(3)31-18-8-9-19-32(31)37/h8-20,23-25H,4-7,21-22,26H2,1-3H3. The minimum absolute atomic E-state index is 0.113. The van der Waals surface area contributed by atoms with Gasteiger partial charge in [0.05, 0.1) is 23.7 Å². The van der Waals surface area contributed by atoms with E-state index in [-0.39, 0.29) is 5.41 Å². The summed E-state index contributed by atoms with van der Waals surface area (Å²) >= 11 is 0. The molecule has 0 amide bonds. The Morgan fingerprint density at radius 1 is 0.763 bits per heavy atom. The zero-order valence-electron chi connectivity index (χ0n) is 22.9. The highest BCUT2D eigenvalue weighted by Gasteiger charge is 2.35. The van der Waals surface area contributed by atoms with Crippen LogP contribution in [-0.2, 0) is 5.41 Å². The molecule has 5 rings (SSSR count). The van der Waals surface area contributed by atoms with Crippen molar-refractivity contribution in [3.05, 3.63) is 108 Å². The third kappa shape index (κ3) is 5.26. The summed E-state index contributed by atoms with van der Waals surface area (Å²) < 4.78 is 6.51. The molecule has 0 atom stereocenters. The third-order valence-corrected chi connectivity index (χ3v) is 7.76. The van der Waals surface area contributed by atoms with E-state index in [1.54, 1.807) is 0 Å². The molecule has 0 fully saturated rings. The van der Waals surface area contributed by atoms with Gasteiger partial charge in [0, 0.05) is 30.4 Å². The van der Waals surface area contributed by atoms with Crippen LogP contribution in [0.25, 0.3) is 0 Å². The summed E-state index contributed by atoms with van der Waals surface area (Å²) in [6.07, 6.45) is 8.76. The molecular formula is C34H39N3O. The zero-order chi connectivity index (χ0) is 26.4. The zero-order valence-corrected chi connectivity index (χ0v) is 22.9. The SMILES string of the molecule is CCCCC(CCCC)(c1cccc(Oc2cccc(N3CN(C)c4ccccc43)c2)c1)c1ccccn1. The first-order chi connectivity index (χ1) is 18.6. The number of fused-ring (bicyclic) bond motifs is 1. The second-order valence-electron chi connectivity index (χ2n) is 10.4. The number of aromatic nitrogens is 1. The Balaban J connectivity index is 1.46. The molecule has 4 nitrogen and oxygen atoms in total. The van der Waals surface area contributed by atoms with Crippen LogP contribution in [-0.4, -0.2) is 18.7 Å². The molecule has 0 radical (unpaired) electrons. The van der Waals surface area contributed by atoms with Crippen LogP contribution in [0.4, 0.5) is 17.1 Å². The fourth-order valence-corrected chi connectivity index (χ4v) is 5.73. The van der Waals surface area contributed by atoms with Crippen molar-refractivity contribution in [2.45, 2.75) is 57.8 Å². The number of ether oxygens (including phenoxy) is 1. The van der Waals surface area contributed by atoms with Crippen molar-refractivity contribution in [2.24, 2.45) is 0 Å². The summed E-state index contributed by atoms with van der Waals surface area (Å²) in [5.74, 6) is 1.71. The Morgan fingerprint density at radius 2 is 1.45 bits per heavy atom. The van der Waals surface area contributed by atoms with E-state index >= 15 is 0 Å². The third-order valence-electron chi connectivity index (χ3n) is 7.76. The van der Waals surface area contributed by atoms with E-state index in [1.807, 2.05) is 18.3 Å². The van der Waals surface area contributed by atoms with Gasteiger partial charge in [-0.05, 0) is 66.9 Å². The van der Waals surface area contributed by atoms with Crippen LogP contribution in [0, 0.1) is 0 Å². The first-order valence-corrected chi connectivity index (χ1v) is 14.0. The van der Waals surface area contributed by atoms with Crippen molar-refractivity contribution < 1.29 is 4.74 Å². The predicted octanol–water partition coefficient (Wildman–Crippen LogP) is 9.09. The van der Waals surface area contributed by atoms with E-state index in [9.17, 15) is 0 Å². The molecule has 38 heavy (non-hydrogen) atoms. The molecule has 4 heteroatoms. The summed E-state index contributed by atoms with van der Waals surface area (Å²) in [4.78, 5) is 9.48. The number of rotatable bonds is 11. The lowest BCUT2D eigenvalue weighted by atomic mass is 9.70. The summed E-state index contributed by atoms with van der Waals surface area (Å²) in [5, 5.41) is 0. The van der Waals surface area contributed by atoms with Crippen LogP contribution in [0.1, 0.15) is 63.6 Å². The lowest BCUT2D eigenvalue weighted by molar-refractivity contribution is 0.393. The van der Waals surface area contributed by atoms with Crippen LogP contribution in [0.3, 0.4) is 0 Å². The number of unbranched alkanes of at least 4 members (excludes halogenated alkanes) is 2. The maximum absolute atomic E-state index is 6.51. The van der Waals surface area contributed by atoms with Gasteiger partial charge < -0.3 is 14.5 Å². The number of hydrogen-bond acceptors (Lipinski definition) is 4. The van der Waals surface area contributed by atoms with Gasteiger partial charge in [-0.15, -0.1) is 0 Å². The first kappa shape index (κ1) is 25.8. The van der Waals surface area contributed by atoms with Crippen molar-refractivity contribution in [3.63, 3.8) is 0 Å². The molecule has 0 saturated carbocycles. The van der Waals surface area contributed by atoms with Gasteiger partial charge in [0.1, 0.15) is 11.5 Å². The fraction of sp³-hybridized carbons (Fsp3) is 0.324. The number of hydrogen-bond donors (Lipinski definition) is 0. The smallest absolute Gasteiger partial charge is 0.129 e. The Hall–Kier alpha value is -3.79. The van der Waals surface area contributed by atoms with Gasteiger partial charge in [-0.25, -0.2) is 0 Å². The van der Waals surface area contributed by atoms with Crippen LogP contribution in [0.2, 0.25) is 0 Å². The molecule has 3 aromatic carbocycles. The molecule has 1 aliphatic heterocycles. The van der Waals surface area contributed by atoms with E-state index in [0.29, 0.717) is 0 Å². The van der Waals surface area contributed by atoms with Gasteiger partial charge in [-0.3, -0.25) is 4.98 Å². The molecule has 0 spiro atoms. The number of anilines is 3. The number of pyridine rings is 1. The van der Waals surface area contributed by atoms with Crippen molar-refractivity contribution in [1.29, 1.82) is 0 Å². The molecule has 0 aliphatic carbocycles. The number of nitrogens with zero attached hydrogens (tertiary/aromatic N) is 3. The molecule has 196 valence electrons. The summed E-state index contributed by atoms with van der Waals surface area (Å²) in [5.41, 5.74) is 5.94. The molecule has 1 aliphatic rings. The van der Waals surface area contributed by atoms with E-state index < -0.39 is 0 Å². The lowest BCUT2D eigenvalue weighted by Crippen LogP contribution is -2.29. The molecule has 0 saturated heterocycles. The second kappa shape index (κ2) is 11.7. The highest BCUT2D eigenvalue weighted by atomic mass is 16.5. The first-order valence-electron chi connectivity index (χ1n) is 14.0. The van der Waals surface area contributed by atoms with Gasteiger partial charge in [-0.1, -0.05) is 75.9 Å². The van der Waals surface area contributed by atoms with Gasteiger partial charge >= 0.3 is 0 Å². The van der Waals surface area contributed by atoms with Gasteiger partial charge in [0.15, 0.2) is 0 Å². The van der Waals surface area contributed by atoms with Gasteiger partial charge in [0.25, 0.3) is 0 Å². The molecule has 4 aromatic rings. The second-order valence-corrected chi connectivity index (χ2v) is 10.4. The summed E-state index contributed by atoms with van der Waals surface area (Å²) in [6, 6.07) is 32.0. The van der Waals surface area contributed by atoms with Crippen molar-refractivity contribution in [1.82, 2.24) is 4.98 Å². The largest absolute Gasteiger partial charge is 0.457 e. The topological polar surface area (TPSA) is 28.6 Å². The van der Waals surface area contributed by atoms with E-state index in [1.165, 1.54) is 42.6 Å². The predicted molar refractivity (Wildman–Crippen MR) is 159 cm³/mol. The summed E-state index contributed by atoms with van der Waals surface area (Å²) in [7, 11) is 2.13. The Labute approximate surface area is 227 Å². The minimum Gasteiger partial charge on any atom is -0.457 e. The average molecular weight is 506 g/mol. The van der Waals surface area contributed by atoms with Crippen molar-refractivity contribution in [2.75, 3.05) is 23.5 Å². The van der Waals surface area contributed by atoms with Gasteiger partial charge in [-0.2, -0.15) is 0 Å². The van der Waals surface area contributed by atoms with Crippen molar-refractivity contribution in [3.8, 4) is 11.5 Å². The fourth-order valence-electron chi connectivity index (χ4n) is 5.73. The number of para-hydroxylation sites is 2. The molecular weight excluding hydrogens is 466 g/mol. The monoisotopic (exact) mass is 505 g/mol. The maximum atomic E-state index is 6.51. The minimum atomic E-state index is -0.113. The Bertz CT molecular complexity index is 1330. The van der Waals surface area contributed by atoms with Crippen molar-refractivity contribution >= 4 is 17.1 Å². The lowest BCUT2D eigenvalue weighted by Gasteiger charge is -2.34. The van der Waals surface area contributed by atoms with Gasteiger partial charge in [0.2, 0.25) is 0 Å². The molecule has 0 N–H and O–H groups in total. The van der Waals surface area contributed by atoms with E-state index in [2.05, 4.69) is 110 Å². The quantitative estimate of drug-likeness (QED) is 0.203. The summed E-state index contributed by atoms with van der Waals surface area (Å²) in [6.45, 7) is 5.36. The maximum Gasteiger partial charge on any atom is 0.129 e. The Kier molecular flexibility index (Phi) is 7.97. The average Bonchev–Trinajstić information content (AvgIpc) is 3.31. The highest BCUT2D eigenvalue weighted by molar-refractivity contribution is 5.82. The van der Waals surface area contributed by atoms with E-state index in [0.717, 1.165) is 42.4 Å². The molecule has 2 heterocycles. The Morgan fingerprint density at radius 3 is 2.16 bits per heavy atom. The normalized spacial score (nSPS) is 13.0. The highest BCUT2D eigenvalue weighted by Crippen LogP contribution is 2.43. The van der Waals surface area contributed by atoms with Crippen LogP contribution in [0.5, 0.6) is 11.5 Å².